The molecule has 116 valence electrons. The number of thiophene rings is 1. The Labute approximate surface area is 131 Å². The van der Waals surface area contributed by atoms with Crippen LogP contribution in [0.2, 0.25) is 0 Å². The Morgan fingerprint density at radius 1 is 1.36 bits per heavy atom. The highest BCUT2D eigenvalue weighted by atomic mass is 32.1. The number of aryl methyl sites for hydroxylation is 1. The van der Waals surface area contributed by atoms with Crippen molar-refractivity contribution < 1.29 is 18.7 Å². The van der Waals surface area contributed by atoms with Crippen LogP contribution >= 0.6 is 11.3 Å². The fraction of sp³-hybridized carbons (Fsp3) is 0.250. The van der Waals surface area contributed by atoms with E-state index >= 15 is 0 Å². The van der Waals surface area contributed by atoms with Gasteiger partial charge in [-0.25, -0.2) is 9.18 Å². The molecule has 0 bridgehead atoms. The van der Waals surface area contributed by atoms with Gasteiger partial charge in [-0.3, -0.25) is 4.79 Å². The Morgan fingerprint density at radius 3 is 2.73 bits per heavy atom. The van der Waals surface area contributed by atoms with Crippen molar-refractivity contribution in [3.05, 3.63) is 57.5 Å². The van der Waals surface area contributed by atoms with Gasteiger partial charge in [0, 0.05) is 0 Å². The molecular formula is C16H16FNO3S. The van der Waals surface area contributed by atoms with Crippen molar-refractivity contribution in [2.75, 3.05) is 7.11 Å². The van der Waals surface area contributed by atoms with Crippen LogP contribution in [-0.4, -0.2) is 19.0 Å². The molecule has 1 atom stereocenters. The van der Waals surface area contributed by atoms with Crippen molar-refractivity contribution in [2.45, 2.75) is 19.4 Å². The van der Waals surface area contributed by atoms with Gasteiger partial charge in [0.15, 0.2) is 6.04 Å². The van der Waals surface area contributed by atoms with Gasteiger partial charge in [0.1, 0.15) is 5.82 Å². The zero-order valence-electron chi connectivity index (χ0n) is 12.3. The SMILES string of the molecule is COC(=O)[C@H](NC(=O)Cc1ccsc1)c1ccc(F)c(C)c1. The number of esters is 1. The van der Waals surface area contributed by atoms with Gasteiger partial charge >= 0.3 is 5.97 Å². The maximum Gasteiger partial charge on any atom is 0.333 e. The Morgan fingerprint density at radius 2 is 2.14 bits per heavy atom. The quantitative estimate of drug-likeness (QED) is 0.862. The number of hydrogen-bond donors (Lipinski definition) is 1. The van der Waals surface area contributed by atoms with Gasteiger partial charge in [-0.15, -0.1) is 0 Å². The molecule has 2 rings (SSSR count). The second-order valence-corrected chi connectivity index (χ2v) is 5.62. The van der Waals surface area contributed by atoms with E-state index < -0.39 is 12.0 Å². The number of nitrogens with one attached hydrogen (secondary N) is 1. The second kappa shape index (κ2) is 7.17. The molecule has 6 heteroatoms. The number of halogens is 1. The van der Waals surface area contributed by atoms with E-state index in [2.05, 4.69) is 5.32 Å². The van der Waals surface area contributed by atoms with Gasteiger partial charge in [0.25, 0.3) is 0 Å². The summed E-state index contributed by atoms with van der Waals surface area (Å²) in [5.74, 6) is -1.25. The van der Waals surface area contributed by atoms with E-state index in [4.69, 9.17) is 4.74 Å². The van der Waals surface area contributed by atoms with Crippen molar-refractivity contribution in [1.29, 1.82) is 0 Å². The van der Waals surface area contributed by atoms with Crippen LogP contribution in [0.5, 0.6) is 0 Å². The van der Waals surface area contributed by atoms with Crippen molar-refractivity contribution in [3.8, 4) is 0 Å². The first-order valence-electron chi connectivity index (χ1n) is 6.65. The van der Waals surface area contributed by atoms with Crippen LogP contribution in [0, 0.1) is 12.7 Å². The molecule has 1 N–H and O–H groups in total. The van der Waals surface area contributed by atoms with Gasteiger partial charge in [0.05, 0.1) is 13.5 Å². The molecule has 1 heterocycles. The molecular weight excluding hydrogens is 305 g/mol. The first-order chi connectivity index (χ1) is 10.5. The Kier molecular flexibility index (Phi) is 5.27. The molecule has 22 heavy (non-hydrogen) atoms. The fourth-order valence-corrected chi connectivity index (χ4v) is 2.70. The number of carbonyl (C=O) groups excluding carboxylic acids is 2. The van der Waals surface area contributed by atoms with E-state index in [1.165, 1.54) is 36.6 Å². The topological polar surface area (TPSA) is 55.4 Å². The summed E-state index contributed by atoms with van der Waals surface area (Å²) in [5.41, 5.74) is 1.77. The van der Waals surface area contributed by atoms with Crippen molar-refractivity contribution in [2.24, 2.45) is 0 Å². The average molecular weight is 321 g/mol. The van der Waals surface area contributed by atoms with Crippen molar-refractivity contribution in [1.82, 2.24) is 5.32 Å². The van der Waals surface area contributed by atoms with Gasteiger partial charge in [-0.05, 0) is 46.5 Å². The molecule has 0 radical (unpaired) electrons. The molecule has 0 aliphatic heterocycles. The molecule has 0 aliphatic carbocycles. The molecule has 1 aromatic carbocycles. The second-order valence-electron chi connectivity index (χ2n) is 4.84. The number of hydrogen-bond acceptors (Lipinski definition) is 4. The first kappa shape index (κ1) is 16.2. The van der Waals surface area contributed by atoms with Crippen LogP contribution in [0.4, 0.5) is 4.39 Å². The Bertz CT molecular complexity index is 670. The zero-order valence-corrected chi connectivity index (χ0v) is 13.1. The summed E-state index contributed by atoms with van der Waals surface area (Å²) in [6, 6.07) is 5.16. The van der Waals surface area contributed by atoms with E-state index in [0.29, 0.717) is 11.1 Å². The lowest BCUT2D eigenvalue weighted by molar-refractivity contribution is -0.145. The normalized spacial score (nSPS) is 11.8. The lowest BCUT2D eigenvalue weighted by Crippen LogP contribution is -2.35. The summed E-state index contributed by atoms with van der Waals surface area (Å²) in [7, 11) is 1.25. The van der Waals surface area contributed by atoms with Gasteiger partial charge in [-0.2, -0.15) is 11.3 Å². The first-order valence-corrected chi connectivity index (χ1v) is 7.60. The van der Waals surface area contributed by atoms with Crippen molar-refractivity contribution in [3.63, 3.8) is 0 Å². The third-order valence-electron chi connectivity index (χ3n) is 3.20. The zero-order chi connectivity index (χ0) is 16.1. The summed E-state index contributed by atoms with van der Waals surface area (Å²) in [6.07, 6.45) is 0.178. The Hall–Kier alpha value is -2.21. The van der Waals surface area contributed by atoms with Crippen molar-refractivity contribution >= 4 is 23.2 Å². The van der Waals surface area contributed by atoms with Crippen LogP contribution in [0.3, 0.4) is 0 Å². The number of methoxy groups -OCH3 is 1. The number of amides is 1. The molecule has 1 aromatic heterocycles. The minimum Gasteiger partial charge on any atom is -0.467 e. The molecule has 2 aromatic rings. The maximum atomic E-state index is 13.4. The molecule has 0 spiro atoms. The predicted molar refractivity (Wildman–Crippen MR) is 82.1 cm³/mol. The van der Waals surface area contributed by atoms with Gasteiger partial charge < -0.3 is 10.1 Å². The van der Waals surface area contributed by atoms with Crippen LogP contribution in [0.1, 0.15) is 22.7 Å². The van der Waals surface area contributed by atoms with Crippen LogP contribution < -0.4 is 5.32 Å². The molecule has 4 nitrogen and oxygen atoms in total. The van der Waals surface area contributed by atoms with Crippen LogP contribution in [0.15, 0.2) is 35.0 Å². The molecule has 0 saturated heterocycles. The van der Waals surface area contributed by atoms with E-state index in [0.717, 1.165) is 5.56 Å². The van der Waals surface area contributed by atoms with Gasteiger partial charge in [-0.1, -0.05) is 12.1 Å². The Balaban J connectivity index is 2.17. The molecule has 1 amide bonds. The molecule has 0 unspecified atom stereocenters. The van der Waals surface area contributed by atoms with E-state index in [1.807, 2.05) is 16.8 Å². The van der Waals surface area contributed by atoms with Crippen LogP contribution in [0.25, 0.3) is 0 Å². The number of carbonyl (C=O) groups is 2. The summed E-state index contributed by atoms with van der Waals surface area (Å²) in [4.78, 5) is 24.0. The number of rotatable bonds is 5. The molecule has 0 aliphatic rings. The summed E-state index contributed by atoms with van der Waals surface area (Å²) in [5, 5.41) is 6.39. The highest BCUT2D eigenvalue weighted by Gasteiger charge is 2.24. The molecule has 0 fully saturated rings. The highest BCUT2D eigenvalue weighted by Crippen LogP contribution is 2.18. The summed E-state index contributed by atoms with van der Waals surface area (Å²) in [6.45, 7) is 1.60. The minimum absolute atomic E-state index is 0.178. The lowest BCUT2D eigenvalue weighted by Gasteiger charge is -2.17. The van der Waals surface area contributed by atoms with E-state index in [-0.39, 0.29) is 18.1 Å². The van der Waals surface area contributed by atoms with Crippen LogP contribution in [-0.2, 0) is 20.7 Å². The largest absolute Gasteiger partial charge is 0.467 e. The smallest absolute Gasteiger partial charge is 0.333 e. The van der Waals surface area contributed by atoms with E-state index in [9.17, 15) is 14.0 Å². The summed E-state index contributed by atoms with van der Waals surface area (Å²) >= 11 is 1.50. The maximum absolute atomic E-state index is 13.4. The third-order valence-corrected chi connectivity index (χ3v) is 3.93. The number of benzene rings is 1. The monoisotopic (exact) mass is 321 g/mol. The summed E-state index contributed by atoms with van der Waals surface area (Å²) < 4.78 is 18.1. The number of ether oxygens (including phenoxy) is 1. The predicted octanol–water partition coefficient (Wildman–Crippen LogP) is 2.77. The third kappa shape index (κ3) is 3.92. The lowest BCUT2D eigenvalue weighted by atomic mass is 10.0. The average Bonchev–Trinajstić information content (AvgIpc) is 3.00. The highest BCUT2D eigenvalue weighted by molar-refractivity contribution is 7.08. The molecule has 0 saturated carbocycles. The van der Waals surface area contributed by atoms with Gasteiger partial charge in [0.2, 0.25) is 5.91 Å². The minimum atomic E-state index is -0.949. The van der Waals surface area contributed by atoms with E-state index in [1.54, 1.807) is 6.92 Å². The standard InChI is InChI=1S/C16H16FNO3S/c1-10-7-12(3-4-13(10)17)15(16(20)21-2)18-14(19)8-11-5-6-22-9-11/h3-7,9,15H,8H2,1-2H3,(H,18,19)/t15-/m1/s1. The fourth-order valence-electron chi connectivity index (χ4n) is 2.03.